The van der Waals surface area contributed by atoms with Crippen molar-refractivity contribution in [1.29, 1.82) is 0 Å². The van der Waals surface area contributed by atoms with Crippen LogP contribution in [-0.2, 0) is 0 Å². The van der Waals surface area contributed by atoms with E-state index in [4.69, 9.17) is 5.11 Å². The molecule has 0 bridgehead atoms. The minimum absolute atomic E-state index is 0.0579. The van der Waals surface area contributed by atoms with Crippen LogP contribution in [-0.4, -0.2) is 24.3 Å². The van der Waals surface area contributed by atoms with E-state index in [1.165, 1.54) is 0 Å². The van der Waals surface area contributed by atoms with Gasteiger partial charge in [0.25, 0.3) is 0 Å². The number of nitrogens with zero attached hydrogens (tertiary/aromatic N) is 1. The average molecular weight is 100 g/mol. The highest BCUT2D eigenvalue weighted by Gasteiger charge is 2.07. The van der Waals surface area contributed by atoms with Crippen molar-refractivity contribution in [3.05, 3.63) is 0 Å². The molecule has 1 heterocycles. The van der Waals surface area contributed by atoms with Crippen LogP contribution in [0.2, 0.25) is 0 Å². The predicted molar refractivity (Wildman–Crippen MR) is 27.1 cm³/mol. The molecule has 41 valence electrons. The van der Waals surface area contributed by atoms with Gasteiger partial charge in [-0.25, -0.2) is 5.32 Å². The predicted octanol–water partition coefficient (Wildman–Crippen LogP) is -0.254. The van der Waals surface area contributed by atoms with E-state index in [0.717, 1.165) is 25.9 Å². The Morgan fingerprint density at radius 2 is 1.86 bits per heavy atom. The molecule has 1 radical (unpaired) electrons. The van der Waals surface area contributed by atoms with E-state index in [1.54, 1.807) is 0 Å². The topological polar surface area (TPSA) is 34.3 Å². The highest BCUT2D eigenvalue weighted by atomic mass is 16.3. The quantitative estimate of drug-likeness (QED) is 0.447. The minimum atomic E-state index is -0.0579. The van der Waals surface area contributed by atoms with Crippen LogP contribution in [0.4, 0.5) is 0 Å². The van der Waals surface area contributed by atoms with Gasteiger partial charge in [-0.1, -0.05) is 0 Å². The molecule has 0 amide bonds. The van der Waals surface area contributed by atoms with Crippen LogP contribution in [0, 0.1) is 0 Å². The highest BCUT2D eigenvalue weighted by molar-refractivity contribution is 4.64. The lowest BCUT2D eigenvalue weighted by Gasteiger charge is -2.14. The summed E-state index contributed by atoms with van der Waals surface area (Å²) in [6.07, 6.45) is 1.69. The second-order valence-electron chi connectivity index (χ2n) is 1.90. The van der Waals surface area contributed by atoms with Gasteiger partial charge in [-0.3, -0.25) is 0 Å². The van der Waals surface area contributed by atoms with Crippen LogP contribution in [0.3, 0.4) is 0 Å². The zero-order valence-electron chi connectivity index (χ0n) is 4.30. The summed E-state index contributed by atoms with van der Waals surface area (Å²) < 4.78 is 0. The lowest BCUT2D eigenvalue weighted by molar-refractivity contribution is 0.136. The van der Waals surface area contributed by atoms with Gasteiger partial charge >= 0.3 is 0 Å². The Morgan fingerprint density at radius 1 is 1.29 bits per heavy atom. The first-order valence-electron chi connectivity index (χ1n) is 2.71. The third-order valence-corrected chi connectivity index (χ3v) is 1.24. The molecule has 0 aromatic rings. The second-order valence-corrected chi connectivity index (χ2v) is 1.90. The van der Waals surface area contributed by atoms with Crippen LogP contribution >= 0.6 is 0 Å². The summed E-state index contributed by atoms with van der Waals surface area (Å²) in [5.74, 6) is 0. The Kier molecular flexibility index (Phi) is 1.65. The van der Waals surface area contributed by atoms with Crippen molar-refractivity contribution in [3.63, 3.8) is 0 Å². The zero-order valence-corrected chi connectivity index (χ0v) is 4.30. The lowest BCUT2D eigenvalue weighted by Crippen LogP contribution is -2.25. The van der Waals surface area contributed by atoms with Gasteiger partial charge in [0.2, 0.25) is 0 Å². The Labute approximate surface area is 43.5 Å². The zero-order chi connectivity index (χ0) is 5.11. The van der Waals surface area contributed by atoms with Crippen molar-refractivity contribution < 1.29 is 5.11 Å². The lowest BCUT2D eigenvalue weighted by atomic mass is 10.1. The van der Waals surface area contributed by atoms with Crippen molar-refractivity contribution in [1.82, 2.24) is 5.32 Å². The fraction of sp³-hybridized carbons (Fsp3) is 1.00. The van der Waals surface area contributed by atoms with Crippen LogP contribution in [0.1, 0.15) is 12.8 Å². The summed E-state index contributed by atoms with van der Waals surface area (Å²) in [5.41, 5.74) is 0. The number of piperidine rings is 1. The fourth-order valence-electron chi connectivity index (χ4n) is 0.737. The molecule has 1 N–H and O–H groups in total. The molecule has 1 rings (SSSR count). The molecule has 0 spiro atoms. The van der Waals surface area contributed by atoms with E-state index < -0.39 is 0 Å². The molecule has 0 aromatic carbocycles. The van der Waals surface area contributed by atoms with E-state index in [2.05, 4.69) is 5.32 Å². The van der Waals surface area contributed by atoms with Crippen LogP contribution < -0.4 is 5.32 Å². The van der Waals surface area contributed by atoms with Gasteiger partial charge in [-0.15, -0.1) is 0 Å². The van der Waals surface area contributed by atoms with Gasteiger partial charge < -0.3 is 5.11 Å². The van der Waals surface area contributed by atoms with E-state index in [-0.39, 0.29) is 6.10 Å². The number of hydrogen-bond acceptors (Lipinski definition) is 1. The number of rotatable bonds is 0. The van der Waals surface area contributed by atoms with Gasteiger partial charge in [0.05, 0.1) is 6.10 Å². The third kappa shape index (κ3) is 1.45. The molecule has 1 saturated heterocycles. The average Bonchev–Trinajstić information content (AvgIpc) is 1.69. The molecule has 0 saturated carbocycles. The maximum absolute atomic E-state index is 8.85. The largest absolute Gasteiger partial charge is 0.393 e. The number of aliphatic hydroxyl groups excluding tert-OH is 1. The Hall–Kier alpha value is -0.0800. The smallest absolute Gasteiger partial charge is 0.0565 e. The normalized spacial score (nSPS) is 25.3. The molecule has 0 aromatic heterocycles. The summed E-state index contributed by atoms with van der Waals surface area (Å²) in [6.45, 7) is 1.72. The first-order valence-corrected chi connectivity index (χ1v) is 2.71. The van der Waals surface area contributed by atoms with Crippen LogP contribution in [0.25, 0.3) is 0 Å². The van der Waals surface area contributed by atoms with Gasteiger partial charge in [0, 0.05) is 13.1 Å². The van der Waals surface area contributed by atoms with Gasteiger partial charge in [-0.05, 0) is 12.8 Å². The van der Waals surface area contributed by atoms with Gasteiger partial charge in [0.15, 0.2) is 0 Å². The summed E-state index contributed by atoms with van der Waals surface area (Å²) in [5, 5.41) is 12.9. The van der Waals surface area contributed by atoms with Gasteiger partial charge in [-0.2, -0.15) is 0 Å². The molecule has 1 aliphatic heterocycles. The van der Waals surface area contributed by atoms with E-state index >= 15 is 0 Å². The van der Waals surface area contributed by atoms with Crippen molar-refractivity contribution in [2.75, 3.05) is 13.1 Å². The Bertz CT molecular complexity index is 50.0. The first-order chi connectivity index (χ1) is 3.39. The van der Waals surface area contributed by atoms with Crippen molar-refractivity contribution in [3.8, 4) is 0 Å². The molecular weight excluding hydrogens is 90.1 g/mol. The summed E-state index contributed by atoms with van der Waals surface area (Å²) >= 11 is 0. The van der Waals surface area contributed by atoms with E-state index in [0.29, 0.717) is 0 Å². The minimum Gasteiger partial charge on any atom is -0.393 e. The van der Waals surface area contributed by atoms with Gasteiger partial charge in [0.1, 0.15) is 0 Å². The Morgan fingerprint density at radius 3 is 2.14 bits per heavy atom. The third-order valence-electron chi connectivity index (χ3n) is 1.24. The van der Waals surface area contributed by atoms with Crippen LogP contribution in [0.5, 0.6) is 0 Å². The summed E-state index contributed by atoms with van der Waals surface area (Å²) in [4.78, 5) is 0. The molecule has 0 aliphatic carbocycles. The molecule has 0 unspecified atom stereocenters. The number of hydrogen-bond donors (Lipinski definition) is 1. The summed E-state index contributed by atoms with van der Waals surface area (Å²) in [7, 11) is 0. The summed E-state index contributed by atoms with van der Waals surface area (Å²) in [6, 6.07) is 0. The monoisotopic (exact) mass is 100 g/mol. The van der Waals surface area contributed by atoms with Crippen molar-refractivity contribution in [2.24, 2.45) is 0 Å². The maximum atomic E-state index is 8.85. The SMILES string of the molecule is OC1CC[N]CC1. The van der Waals surface area contributed by atoms with E-state index in [1.807, 2.05) is 0 Å². The molecular formula is C5H10NO. The van der Waals surface area contributed by atoms with Crippen molar-refractivity contribution >= 4 is 0 Å². The maximum Gasteiger partial charge on any atom is 0.0565 e. The molecule has 1 aliphatic rings. The van der Waals surface area contributed by atoms with Crippen molar-refractivity contribution in [2.45, 2.75) is 18.9 Å². The van der Waals surface area contributed by atoms with Crippen LogP contribution in [0.15, 0.2) is 0 Å². The first kappa shape index (κ1) is 5.06. The second kappa shape index (κ2) is 2.28. The molecule has 2 nitrogen and oxygen atoms in total. The highest BCUT2D eigenvalue weighted by Crippen LogP contribution is 2.00. The molecule has 7 heavy (non-hydrogen) atoms. The standard InChI is InChI=1S/C5H10NO/c7-5-1-3-6-4-2-5/h5,7H,1-4H2. The molecule has 1 fully saturated rings. The Balaban J connectivity index is 2.12. The van der Waals surface area contributed by atoms with E-state index in [9.17, 15) is 0 Å². The number of aliphatic hydroxyl groups is 1. The fourth-order valence-corrected chi connectivity index (χ4v) is 0.737. The molecule has 0 atom stereocenters. The molecule has 2 heteroatoms.